The number of amides is 1. The summed E-state index contributed by atoms with van der Waals surface area (Å²) < 4.78 is 10.8. The van der Waals surface area contributed by atoms with Crippen molar-refractivity contribution in [3.8, 4) is 0 Å². The molecule has 0 spiro atoms. The van der Waals surface area contributed by atoms with Crippen LogP contribution in [0, 0.1) is 25.0 Å². The van der Waals surface area contributed by atoms with E-state index in [1.165, 1.54) is 6.92 Å². The molecule has 8 heteroatoms. The van der Waals surface area contributed by atoms with Gasteiger partial charge in [0, 0.05) is 36.9 Å². The molecule has 4 aliphatic rings. The smallest absolute Gasteiger partial charge is 0.461 e. The standard InChI is InChI=1S/C25H29N3O5/c1-14(29)32-13-19-18-12-25(26-5,27-6)20-11-16-7-8-21(17(20)9-15(18)10-22(19)30)28(16)23(31)33-24(2,3)4/h9,16-17,20-21H,7-8,10-13H2,1-4H3/t16-,17-,20?,21?/m1/s1. The van der Waals surface area contributed by atoms with Crippen LogP contribution in [0.4, 0.5) is 4.79 Å². The van der Waals surface area contributed by atoms with Crippen LogP contribution >= 0.6 is 0 Å². The lowest BCUT2D eigenvalue weighted by Crippen LogP contribution is -2.55. The monoisotopic (exact) mass is 451 g/mol. The summed E-state index contributed by atoms with van der Waals surface area (Å²) in [4.78, 5) is 46.7. The van der Waals surface area contributed by atoms with Gasteiger partial charge in [-0.2, -0.15) is 0 Å². The number of ether oxygens (including phenoxy) is 2. The molecule has 2 aliphatic carbocycles. The number of carbonyl (C=O) groups excluding carboxylic acids is 3. The Balaban J connectivity index is 1.77. The zero-order chi connectivity index (χ0) is 24.1. The molecular formula is C25H29N3O5. The maximum absolute atomic E-state index is 13.1. The highest BCUT2D eigenvalue weighted by Gasteiger charge is 2.65. The second-order valence-corrected chi connectivity index (χ2v) is 10.4. The van der Waals surface area contributed by atoms with Gasteiger partial charge in [-0.15, -0.1) is 0 Å². The van der Waals surface area contributed by atoms with Crippen LogP contribution in [-0.2, 0) is 19.1 Å². The Kier molecular flexibility index (Phi) is 5.60. The van der Waals surface area contributed by atoms with E-state index in [1.807, 2.05) is 31.7 Å². The van der Waals surface area contributed by atoms with Gasteiger partial charge in [-0.3, -0.25) is 9.59 Å². The Morgan fingerprint density at radius 2 is 1.94 bits per heavy atom. The van der Waals surface area contributed by atoms with Crippen LogP contribution in [0.2, 0.25) is 0 Å². The molecule has 0 radical (unpaired) electrons. The fraction of sp³-hybridized carbons (Fsp3) is 0.640. The van der Waals surface area contributed by atoms with E-state index in [4.69, 9.17) is 22.6 Å². The Morgan fingerprint density at radius 1 is 1.24 bits per heavy atom. The molecule has 2 fully saturated rings. The normalized spacial score (nSPS) is 29.8. The van der Waals surface area contributed by atoms with E-state index in [1.54, 1.807) is 0 Å². The minimum absolute atomic E-state index is 0.0681. The van der Waals surface area contributed by atoms with Crippen molar-refractivity contribution in [3.63, 3.8) is 0 Å². The Morgan fingerprint density at radius 3 is 2.55 bits per heavy atom. The van der Waals surface area contributed by atoms with Crippen LogP contribution < -0.4 is 0 Å². The summed E-state index contributed by atoms with van der Waals surface area (Å²) in [5.41, 5.74) is -0.111. The molecule has 0 N–H and O–H groups in total. The second kappa shape index (κ2) is 8.02. The topological polar surface area (TPSA) is 81.6 Å². The third-order valence-corrected chi connectivity index (χ3v) is 7.26. The zero-order valence-corrected chi connectivity index (χ0v) is 19.5. The summed E-state index contributed by atoms with van der Waals surface area (Å²) in [7, 11) is 0. The van der Waals surface area contributed by atoms with Crippen LogP contribution in [0.1, 0.15) is 59.8 Å². The first-order valence-electron chi connectivity index (χ1n) is 11.4. The van der Waals surface area contributed by atoms with Crippen LogP contribution in [0.25, 0.3) is 9.69 Å². The predicted molar refractivity (Wildman–Crippen MR) is 118 cm³/mol. The molecule has 4 rings (SSSR count). The van der Waals surface area contributed by atoms with E-state index in [2.05, 4.69) is 9.69 Å². The lowest BCUT2D eigenvalue weighted by molar-refractivity contribution is -0.140. The highest BCUT2D eigenvalue weighted by Crippen LogP contribution is 2.54. The highest BCUT2D eigenvalue weighted by atomic mass is 16.6. The van der Waals surface area contributed by atoms with Crippen molar-refractivity contribution >= 4 is 17.8 Å². The fourth-order valence-corrected chi connectivity index (χ4v) is 5.93. The summed E-state index contributed by atoms with van der Waals surface area (Å²) >= 11 is 0. The molecule has 33 heavy (non-hydrogen) atoms. The van der Waals surface area contributed by atoms with E-state index in [-0.39, 0.29) is 55.2 Å². The average molecular weight is 452 g/mol. The molecule has 174 valence electrons. The number of piperidine rings is 1. The minimum atomic E-state index is -1.36. The van der Waals surface area contributed by atoms with Crippen molar-refractivity contribution in [1.82, 2.24) is 4.90 Å². The Labute approximate surface area is 194 Å². The molecule has 0 aromatic rings. The molecule has 2 unspecified atom stereocenters. The molecular weight excluding hydrogens is 422 g/mol. The summed E-state index contributed by atoms with van der Waals surface area (Å²) in [5, 5.41) is 0. The number of nitrogens with zero attached hydrogens (tertiary/aromatic N) is 3. The van der Waals surface area contributed by atoms with Gasteiger partial charge in [-0.1, -0.05) is 6.08 Å². The zero-order valence-electron chi connectivity index (χ0n) is 19.5. The summed E-state index contributed by atoms with van der Waals surface area (Å²) in [6.45, 7) is 22.6. The first-order valence-corrected chi connectivity index (χ1v) is 11.4. The van der Waals surface area contributed by atoms with Crippen molar-refractivity contribution in [2.45, 2.75) is 83.1 Å². The number of carbonyl (C=O) groups is 3. The SMILES string of the molecule is [C-]#[N+]C1([N+]#[C-])CC2=C(COC(C)=O)C(=O)CC2=C[C@H]2C3CC[C@H](CC21)N3C(=O)OC(C)(C)C. The fourth-order valence-electron chi connectivity index (χ4n) is 5.93. The Bertz CT molecular complexity index is 1040. The second-order valence-electron chi connectivity index (χ2n) is 10.4. The van der Waals surface area contributed by atoms with E-state index in [0.717, 1.165) is 18.4 Å². The molecule has 2 heterocycles. The first-order chi connectivity index (χ1) is 15.5. The highest BCUT2D eigenvalue weighted by molar-refractivity contribution is 6.03. The third kappa shape index (κ3) is 3.93. The lowest BCUT2D eigenvalue weighted by Gasteiger charge is -2.43. The predicted octanol–water partition coefficient (Wildman–Crippen LogP) is 4.09. The lowest BCUT2D eigenvalue weighted by atomic mass is 9.72. The number of hydrogen-bond acceptors (Lipinski definition) is 5. The van der Waals surface area contributed by atoms with Gasteiger partial charge < -0.3 is 14.4 Å². The number of esters is 1. The van der Waals surface area contributed by atoms with Crippen LogP contribution in [0.5, 0.6) is 0 Å². The number of fused-ring (bicyclic) bond motifs is 5. The summed E-state index contributed by atoms with van der Waals surface area (Å²) in [6.07, 6.45) is 4.11. The Hall–Kier alpha value is -3.13. The number of allylic oxidation sites excluding steroid dienone is 1. The van der Waals surface area contributed by atoms with E-state index in [9.17, 15) is 14.4 Å². The van der Waals surface area contributed by atoms with E-state index < -0.39 is 17.2 Å². The molecule has 2 aliphatic heterocycles. The van der Waals surface area contributed by atoms with Crippen LogP contribution in [0.3, 0.4) is 0 Å². The van der Waals surface area contributed by atoms with Gasteiger partial charge in [-0.25, -0.2) is 27.6 Å². The van der Waals surface area contributed by atoms with Crippen molar-refractivity contribution in [2.24, 2.45) is 11.8 Å². The number of Topliss-reactive ketones (excluding diaryl/α,β-unsaturated/α-hetero) is 1. The van der Waals surface area contributed by atoms with Gasteiger partial charge in [0.1, 0.15) is 24.5 Å². The molecule has 0 saturated carbocycles. The summed E-state index contributed by atoms with van der Waals surface area (Å²) in [6, 6.07) is -0.243. The average Bonchev–Trinajstić information content (AvgIpc) is 3.15. The third-order valence-electron chi connectivity index (χ3n) is 7.26. The molecule has 2 bridgehead atoms. The van der Waals surface area contributed by atoms with E-state index >= 15 is 0 Å². The van der Waals surface area contributed by atoms with Gasteiger partial charge in [0.05, 0.1) is 0 Å². The van der Waals surface area contributed by atoms with Crippen LogP contribution in [-0.4, -0.2) is 52.7 Å². The summed E-state index contributed by atoms with van der Waals surface area (Å²) in [5.74, 6) is -1.08. The van der Waals surface area contributed by atoms with Gasteiger partial charge in [0.25, 0.3) is 0 Å². The minimum Gasteiger partial charge on any atom is -0.461 e. The maximum Gasteiger partial charge on any atom is 0.489 e. The largest absolute Gasteiger partial charge is 0.489 e. The molecule has 2 saturated heterocycles. The quantitative estimate of drug-likeness (QED) is 0.467. The van der Waals surface area contributed by atoms with Gasteiger partial charge in [0.15, 0.2) is 5.78 Å². The molecule has 4 atom stereocenters. The van der Waals surface area contributed by atoms with Crippen LogP contribution in [0.15, 0.2) is 22.8 Å². The number of rotatable bonds is 2. The van der Waals surface area contributed by atoms with E-state index in [0.29, 0.717) is 17.6 Å². The maximum atomic E-state index is 13.1. The molecule has 0 aromatic heterocycles. The van der Waals surface area contributed by atoms with Crippen molar-refractivity contribution in [1.29, 1.82) is 0 Å². The molecule has 8 nitrogen and oxygen atoms in total. The van der Waals surface area contributed by atoms with Gasteiger partial charge >= 0.3 is 17.7 Å². The molecule has 0 aromatic carbocycles. The number of ketones is 1. The van der Waals surface area contributed by atoms with Gasteiger partial charge in [0.2, 0.25) is 0 Å². The molecule has 1 amide bonds. The van der Waals surface area contributed by atoms with Crippen molar-refractivity contribution in [3.05, 3.63) is 45.6 Å². The van der Waals surface area contributed by atoms with Gasteiger partial charge in [-0.05, 0) is 51.2 Å². The van der Waals surface area contributed by atoms with Crippen molar-refractivity contribution < 1.29 is 23.9 Å². The number of hydrogen-bond donors (Lipinski definition) is 0. The first kappa shape index (κ1) is 23.0. The van der Waals surface area contributed by atoms with Crippen molar-refractivity contribution in [2.75, 3.05) is 6.61 Å².